The normalized spacial score (nSPS) is 15.0. The summed E-state index contributed by atoms with van der Waals surface area (Å²) in [4.78, 5) is 8.49. The molecule has 1 aromatic heterocycles. The molecular weight excluding hydrogens is 241 g/mol. The third kappa shape index (κ3) is 2.72. The molecular formula is C15H16FN3. The Hall–Kier alpha value is -1.97. The van der Waals surface area contributed by atoms with Crippen molar-refractivity contribution in [2.45, 2.75) is 31.7 Å². The molecule has 2 aromatic rings. The number of aromatic nitrogens is 2. The number of nitrogens with one attached hydrogen (secondary N) is 1. The summed E-state index contributed by atoms with van der Waals surface area (Å²) in [5.74, 6) is 1.15. The number of benzene rings is 1. The molecule has 0 aliphatic heterocycles. The van der Waals surface area contributed by atoms with Crippen molar-refractivity contribution >= 4 is 5.82 Å². The molecule has 0 unspecified atom stereocenters. The van der Waals surface area contributed by atoms with Gasteiger partial charge in [0.05, 0.1) is 0 Å². The summed E-state index contributed by atoms with van der Waals surface area (Å²) in [6, 6.07) is 8.75. The fourth-order valence-electron chi connectivity index (χ4n) is 2.22. The molecule has 3 rings (SSSR count). The Labute approximate surface area is 111 Å². The van der Waals surface area contributed by atoms with Crippen LogP contribution in [0.25, 0.3) is 0 Å². The van der Waals surface area contributed by atoms with Gasteiger partial charge < -0.3 is 5.32 Å². The molecule has 1 fully saturated rings. The van der Waals surface area contributed by atoms with Crippen LogP contribution in [0.2, 0.25) is 0 Å². The molecule has 98 valence electrons. The predicted octanol–water partition coefficient (Wildman–Crippen LogP) is 3.50. The van der Waals surface area contributed by atoms with E-state index in [1.807, 2.05) is 12.1 Å². The first-order chi connectivity index (χ1) is 9.33. The Bertz CT molecular complexity index is 567. The number of anilines is 1. The van der Waals surface area contributed by atoms with Gasteiger partial charge in [-0.05, 0) is 18.9 Å². The molecule has 1 N–H and O–H groups in total. The number of halogens is 1. The standard InChI is InChI=1S/C15H16FN3/c16-13-7-2-1-4-12(13)9-17-15-8-14(18-10-19-15)11-5-3-6-11/h1-2,4,7-8,10-11H,3,5-6,9H2,(H,17,18,19). The van der Waals surface area contributed by atoms with E-state index < -0.39 is 0 Å². The van der Waals surface area contributed by atoms with Crippen molar-refractivity contribution in [1.29, 1.82) is 0 Å². The van der Waals surface area contributed by atoms with E-state index >= 15 is 0 Å². The van der Waals surface area contributed by atoms with Crippen molar-refractivity contribution in [2.24, 2.45) is 0 Å². The van der Waals surface area contributed by atoms with E-state index in [-0.39, 0.29) is 5.82 Å². The van der Waals surface area contributed by atoms with Gasteiger partial charge in [-0.15, -0.1) is 0 Å². The van der Waals surface area contributed by atoms with E-state index in [4.69, 9.17) is 0 Å². The van der Waals surface area contributed by atoms with Crippen LogP contribution in [-0.2, 0) is 6.54 Å². The van der Waals surface area contributed by atoms with E-state index in [0.717, 1.165) is 11.5 Å². The lowest BCUT2D eigenvalue weighted by atomic mass is 9.83. The van der Waals surface area contributed by atoms with E-state index in [0.29, 0.717) is 18.0 Å². The maximum absolute atomic E-state index is 13.5. The molecule has 1 heterocycles. The summed E-state index contributed by atoms with van der Waals surface area (Å²) in [5, 5.41) is 3.15. The SMILES string of the molecule is Fc1ccccc1CNc1cc(C2CCC2)ncn1. The lowest BCUT2D eigenvalue weighted by molar-refractivity contribution is 0.410. The molecule has 0 atom stereocenters. The Kier molecular flexibility index (Phi) is 3.40. The molecule has 0 radical (unpaired) electrons. The first-order valence-electron chi connectivity index (χ1n) is 6.62. The van der Waals surface area contributed by atoms with Gasteiger partial charge in [-0.25, -0.2) is 14.4 Å². The lowest BCUT2D eigenvalue weighted by Gasteiger charge is -2.24. The van der Waals surface area contributed by atoms with Crippen LogP contribution < -0.4 is 5.32 Å². The highest BCUT2D eigenvalue weighted by Gasteiger charge is 2.21. The average molecular weight is 257 g/mol. The Morgan fingerprint density at radius 3 is 2.79 bits per heavy atom. The molecule has 0 saturated heterocycles. The van der Waals surface area contributed by atoms with Crippen molar-refractivity contribution in [2.75, 3.05) is 5.32 Å². The zero-order valence-electron chi connectivity index (χ0n) is 10.6. The van der Waals surface area contributed by atoms with Crippen LogP contribution >= 0.6 is 0 Å². The highest BCUT2D eigenvalue weighted by molar-refractivity contribution is 5.37. The first kappa shape index (κ1) is 12.1. The van der Waals surface area contributed by atoms with Gasteiger partial charge in [-0.3, -0.25) is 0 Å². The molecule has 0 bridgehead atoms. The van der Waals surface area contributed by atoms with Gasteiger partial charge in [0.25, 0.3) is 0 Å². The minimum Gasteiger partial charge on any atom is -0.366 e. The van der Waals surface area contributed by atoms with E-state index in [9.17, 15) is 4.39 Å². The fourth-order valence-corrected chi connectivity index (χ4v) is 2.22. The number of hydrogen-bond acceptors (Lipinski definition) is 3. The number of hydrogen-bond donors (Lipinski definition) is 1. The molecule has 0 spiro atoms. The first-order valence-corrected chi connectivity index (χ1v) is 6.62. The fraction of sp³-hybridized carbons (Fsp3) is 0.333. The highest BCUT2D eigenvalue weighted by atomic mass is 19.1. The van der Waals surface area contributed by atoms with Crippen LogP contribution in [0.5, 0.6) is 0 Å². The highest BCUT2D eigenvalue weighted by Crippen LogP contribution is 2.35. The molecule has 19 heavy (non-hydrogen) atoms. The van der Waals surface area contributed by atoms with Gasteiger partial charge in [0.2, 0.25) is 0 Å². The van der Waals surface area contributed by atoms with Crippen molar-refractivity contribution in [3.63, 3.8) is 0 Å². The summed E-state index contributed by atoms with van der Waals surface area (Å²) < 4.78 is 13.5. The summed E-state index contributed by atoms with van der Waals surface area (Å²) in [6.45, 7) is 0.438. The second-order valence-electron chi connectivity index (χ2n) is 4.90. The summed E-state index contributed by atoms with van der Waals surface area (Å²) >= 11 is 0. The third-order valence-electron chi connectivity index (χ3n) is 3.63. The number of nitrogens with zero attached hydrogens (tertiary/aromatic N) is 2. The summed E-state index contributed by atoms with van der Waals surface area (Å²) in [6.07, 6.45) is 5.29. The molecule has 1 aliphatic carbocycles. The molecule has 0 amide bonds. The predicted molar refractivity (Wildman–Crippen MR) is 72.4 cm³/mol. The van der Waals surface area contributed by atoms with Crippen molar-refractivity contribution < 1.29 is 4.39 Å². The third-order valence-corrected chi connectivity index (χ3v) is 3.63. The van der Waals surface area contributed by atoms with Crippen LogP contribution in [0, 0.1) is 5.82 Å². The van der Waals surface area contributed by atoms with Crippen molar-refractivity contribution in [3.8, 4) is 0 Å². The van der Waals surface area contributed by atoms with Crippen LogP contribution in [0.15, 0.2) is 36.7 Å². The lowest BCUT2D eigenvalue weighted by Crippen LogP contribution is -2.12. The van der Waals surface area contributed by atoms with Gasteiger partial charge in [0.15, 0.2) is 0 Å². The molecule has 1 aromatic carbocycles. The molecule has 1 saturated carbocycles. The van der Waals surface area contributed by atoms with Crippen molar-refractivity contribution in [1.82, 2.24) is 9.97 Å². The second-order valence-corrected chi connectivity index (χ2v) is 4.90. The quantitative estimate of drug-likeness (QED) is 0.911. The average Bonchev–Trinajstić information content (AvgIpc) is 2.36. The zero-order chi connectivity index (χ0) is 13.1. The zero-order valence-corrected chi connectivity index (χ0v) is 10.6. The Morgan fingerprint density at radius 1 is 1.21 bits per heavy atom. The van der Waals surface area contributed by atoms with Crippen LogP contribution in [0.3, 0.4) is 0 Å². The van der Waals surface area contributed by atoms with Crippen LogP contribution in [0.4, 0.5) is 10.2 Å². The van der Waals surface area contributed by atoms with E-state index in [2.05, 4.69) is 15.3 Å². The van der Waals surface area contributed by atoms with E-state index in [1.54, 1.807) is 18.5 Å². The molecule has 1 aliphatic rings. The van der Waals surface area contributed by atoms with Crippen LogP contribution in [-0.4, -0.2) is 9.97 Å². The van der Waals surface area contributed by atoms with Gasteiger partial charge in [0.1, 0.15) is 18.0 Å². The minimum absolute atomic E-state index is 0.191. The molecule has 3 nitrogen and oxygen atoms in total. The smallest absolute Gasteiger partial charge is 0.129 e. The summed E-state index contributed by atoms with van der Waals surface area (Å²) in [7, 11) is 0. The van der Waals surface area contributed by atoms with E-state index in [1.165, 1.54) is 25.3 Å². The number of rotatable bonds is 4. The van der Waals surface area contributed by atoms with Crippen LogP contribution in [0.1, 0.15) is 36.4 Å². The maximum atomic E-state index is 13.5. The minimum atomic E-state index is -0.191. The van der Waals surface area contributed by atoms with Crippen molar-refractivity contribution in [3.05, 3.63) is 53.7 Å². The largest absolute Gasteiger partial charge is 0.366 e. The van der Waals surface area contributed by atoms with Gasteiger partial charge in [-0.1, -0.05) is 24.6 Å². The monoisotopic (exact) mass is 257 g/mol. The molecule has 4 heteroatoms. The second kappa shape index (κ2) is 5.34. The summed E-state index contributed by atoms with van der Waals surface area (Å²) in [5.41, 5.74) is 1.74. The van der Waals surface area contributed by atoms with Gasteiger partial charge >= 0.3 is 0 Å². The topological polar surface area (TPSA) is 37.8 Å². The van der Waals surface area contributed by atoms with Gasteiger partial charge in [0, 0.05) is 29.8 Å². The Balaban J connectivity index is 1.68. The Morgan fingerprint density at radius 2 is 2.05 bits per heavy atom. The van der Waals surface area contributed by atoms with Gasteiger partial charge in [-0.2, -0.15) is 0 Å². The maximum Gasteiger partial charge on any atom is 0.129 e.